The third kappa shape index (κ3) is 5.85. The van der Waals surface area contributed by atoms with Gasteiger partial charge in [0.05, 0.1) is 5.41 Å². The van der Waals surface area contributed by atoms with Gasteiger partial charge in [-0.15, -0.1) is 5.06 Å². The Bertz CT molecular complexity index is 295. The lowest BCUT2D eigenvalue weighted by atomic mass is 9.91. The molecule has 0 aromatic heterocycles. The van der Waals surface area contributed by atoms with Gasteiger partial charge in [-0.3, -0.25) is 9.59 Å². The first kappa shape index (κ1) is 19.9. The number of hydrogen-bond acceptors (Lipinski definition) is 4. The molecule has 1 saturated heterocycles. The third-order valence-corrected chi connectivity index (χ3v) is 2.62. The van der Waals surface area contributed by atoms with E-state index in [4.69, 9.17) is 4.84 Å². The van der Waals surface area contributed by atoms with Crippen LogP contribution in [0.25, 0.3) is 0 Å². The summed E-state index contributed by atoms with van der Waals surface area (Å²) in [5.41, 5.74) is -0.677. The van der Waals surface area contributed by atoms with E-state index in [0.717, 1.165) is 0 Å². The molecule has 0 saturated carbocycles. The van der Waals surface area contributed by atoms with Crippen LogP contribution in [-0.4, -0.2) is 22.8 Å². The van der Waals surface area contributed by atoms with E-state index in [-0.39, 0.29) is 12.8 Å². The van der Waals surface area contributed by atoms with E-state index in [2.05, 4.69) is 0 Å². The van der Waals surface area contributed by atoms with Crippen molar-refractivity contribution in [3.05, 3.63) is 0 Å². The number of imide groups is 1. The molecule has 19 heavy (non-hydrogen) atoms. The molecule has 0 aromatic rings. The van der Waals surface area contributed by atoms with Crippen molar-refractivity contribution in [1.82, 2.24) is 5.06 Å². The molecular formula is C14H27NO4. The maximum Gasteiger partial charge on any atom is 0.338 e. The summed E-state index contributed by atoms with van der Waals surface area (Å²) in [6, 6.07) is 0. The summed E-state index contributed by atoms with van der Waals surface area (Å²) in [4.78, 5) is 38.7. The zero-order valence-corrected chi connectivity index (χ0v) is 13.2. The van der Waals surface area contributed by atoms with Crippen molar-refractivity contribution in [2.24, 2.45) is 5.41 Å². The fraction of sp³-hybridized carbons (Fsp3) is 0.786. The SMILES string of the molecule is CC.CC.CCC(C)(C)C(=O)ON1C(=O)CCC1=O. The zero-order chi connectivity index (χ0) is 15.6. The molecule has 112 valence electrons. The number of carbonyl (C=O) groups is 3. The van der Waals surface area contributed by atoms with Crippen LogP contribution >= 0.6 is 0 Å². The standard InChI is InChI=1S/C10H15NO4.2C2H6/c1-4-10(2,3)9(14)15-11-7(12)5-6-8(11)13;2*1-2/h4-6H2,1-3H3;2*1-2H3. The van der Waals surface area contributed by atoms with Crippen LogP contribution in [0.1, 0.15) is 67.7 Å². The van der Waals surface area contributed by atoms with Crippen molar-refractivity contribution in [2.75, 3.05) is 0 Å². The van der Waals surface area contributed by atoms with E-state index in [1.165, 1.54) is 0 Å². The summed E-state index contributed by atoms with van der Waals surface area (Å²) < 4.78 is 0. The van der Waals surface area contributed by atoms with Gasteiger partial charge >= 0.3 is 5.97 Å². The molecule has 0 aliphatic carbocycles. The Morgan fingerprint density at radius 3 is 1.79 bits per heavy atom. The van der Waals surface area contributed by atoms with Crippen LogP contribution in [0.4, 0.5) is 0 Å². The number of hydroxylamine groups is 2. The number of hydrogen-bond donors (Lipinski definition) is 0. The molecule has 5 heteroatoms. The highest BCUT2D eigenvalue weighted by atomic mass is 16.7. The van der Waals surface area contributed by atoms with Crippen molar-refractivity contribution in [3.63, 3.8) is 0 Å². The van der Waals surface area contributed by atoms with Gasteiger partial charge in [-0.25, -0.2) is 4.79 Å². The van der Waals surface area contributed by atoms with E-state index >= 15 is 0 Å². The predicted octanol–water partition coefficient (Wildman–Crippen LogP) is 3.08. The second-order valence-electron chi connectivity index (χ2n) is 4.20. The van der Waals surface area contributed by atoms with Gasteiger partial charge in [0.1, 0.15) is 0 Å². The monoisotopic (exact) mass is 273 g/mol. The van der Waals surface area contributed by atoms with Crippen LogP contribution in [-0.2, 0) is 19.2 Å². The Labute approximate surface area is 116 Å². The van der Waals surface area contributed by atoms with Gasteiger partial charge < -0.3 is 4.84 Å². The Morgan fingerprint density at radius 2 is 1.47 bits per heavy atom. The smallest absolute Gasteiger partial charge is 0.330 e. The van der Waals surface area contributed by atoms with Gasteiger partial charge in [0.25, 0.3) is 11.8 Å². The largest absolute Gasteiger partial charge is 0.338 e. The van der Waals surface area contributed by atoms with Gasteiger partial charge in [0, 0.05) is 12.8 Å². The summed E-state index contributed by atoms with van der Waals surface area (Å²) in [6.45, 7) is 13.3. The molecule has 1 fully saturated rings. The molecule has 0 bridgehead atoms. The molecule has 1 aliphatic heterocycles. The highest BCUT2D eigenvalue weighted by Crippen LogP contribution is 2.23. The fourth-order valence-electron chi connectivity index (χ4n) is 1.01. The second kappa shape index (κ2) is 9.53. The first-order valence-electron chi connectivity index (χ1n) is 6.96. The average Bonchev–Trinajstić information content (AvgIpc) is 2.75. The Hall–Kier alpha value is -1.39. The van der Waals surface area contributed by atoms with E-state index in [9.17, 15) is 14.4 Å². The van der Waals surface area contributed by atoms with Crippen LogP contribution in [0.2, 0.25) is 0 Å². The highest BCUT2D eigenvalue weighted by molar-refractivity contribution is 6.01. The maximum atomic E-state index is 11.6. The van der Waals surface area contributed by atoms with Crippen LogP contribution in [0.5, 0.6) is 0 Å². The molecule has 0 radical (unpaired) electrons. The third-order valence-electron chi connectivity index (χ3n) is 2.62. The number of rotatable bonds is 3. The quantitative estimate of drug-likeness (QED) is 0.741. The van der Waals surface area contributed by atoms with E-state index in [0.29, 0.717) is 11.5 Å². The van der Waals surface area contributed by atoms with Crippen molar-refractivity contribution in [2.45, 2.75) is 67.7 Å². The minimum absolute atomic E-state index is 0.124. The minimum atomic E-state index is -0.677. The lowest BCUT2D eigenvalue weighted by Gasteiger charge is -2.22. The lowest BCUT2D eigenvalue weighted by Crippen LogP contribution is -2.37. The zero-order valence-electron chi connectivity index (χ0n) is 13.2. The first-order chi connectivity index (χ1) is 8.88. The van der Waals surface area contributed by atoms with Gasteiger partial charge in [-0.2, -0.15) is 0 Å². The summed E-state index contributed by atoms with van der Waals surface area (Å²) in [7, 11) is 0. The normalized spacial score (nSPS) is 14.2. The second-order valence-corrected chi connectivity index (χ2v) is 4.20. The molecule has 2 amide bonds. The molecule has 1 aliphatic rings. The van der Waals surface area contributed by atoms with E-state index in [1.807, 2.05) is 34.6 Å². The maximum absolute atomic E-state index is 11.6. The summed E-state index contributed by atoms with van der Waals surface area (Å²) in [5.74, 6) is -1.44. The summed E-state index contributed by atoms with van der Waals surface area (Å²) in [5, 5.41) is 0.583. The van der Waals surface area contributed by atoms with Crippen LogP contribution in [0, 0.1) is 5.41 Å². The average molecular weight is 273 g/mol. The van der Waals surface area contributed by atoms with Gasteiger partial charge in [0.2, 0.25) is 0 Å². The number of amides is 2. The van der Waals surface area contributed by atoms with Crippen molar-refractivity contribution in [3.8, 4) is 0 Å². The van der Waals surface area contributed by atoms with Gasteiger partial charge in [-0.05, 0) is 20.3 Å². The van der Waals surface area contributed by atoms with Crippen LogP contribution in [0.15, 0.2) is 0 Å². The molecule has 5 nitrogen and oxygen atoms in total. The van der Waals surface area contributed by atoms with Crippen molar-refractivity contribution < 1.29 is 19.2 Å². The molecule has 1 heterocycles. The number of carbonyl (C=O) groups excluding carboxylic acids is 3. The lowest BCUT2D eigenvalue weighted by molar-refractivity contribution is -0.204. The van der Waals surface area contributed by atoms with Crippen LogP contribution < -0.4 is 0 Å². The minimum Gasteiger partial charge on any atom is -0.330 e. The molecular weight excluding hydrogens is 246 g/mol. The molecule has 0 atom stereocenters. The summed E-state index contributed by atoms with van der Waals surface area (Å²) in [6.07, 6.45) is 0.833. The first-order valence-corrected chi connectivity index (χ1v) is 6.96. The van der Waals surface area contributed by atoms with Gasteiger partial charge in [-0.1, -0.05) is 34.6 Å². The molecule has 1 rings (SSSR count). The number of nitrogens with zero attached hydrogens (tertiary/aromatic N) is 1. The highest BCUT2D eigenvalue weighted by Gasteiger charge is 2.37. The van der Waals surface area contributed by atoms with Crippen LogP contribution in [0.3, 0.4) is 0 Å². The van der Waals surface area contributed by atoms with Crippen molar-refractivity contribution >= 4 is 17.8 Å². The Balaban J connectivity index is 0. The topological polar surface area (TPSA) is 63.7 Å². The molecule has 0 spiro atoms. The fourth-order valence-corrected chi connectivity index (χ4v) is 1.01. The predicted molar refractivity (Wildman–Crippen MR) is 73.9 cm³/mol. The Kier molecular flexibility index (Phi) is 10.00. The van der Waals surface area contributed by atoms with Gasteiger partial charge in [0.15, 0.2) is 0 Å². The van der Waals surface area contributed by atoms with Crippen molar-refractivity contribution in [1.29, 1.82) is 0 Å². The molecule has 0 N–H and O–H groups in total. The molecule has 0 unspecified atom stereocenters. The Morgan fingerprint density at radius 1 is 1.11 bits per heavy atom. The molecule has 0 aromatic carbocycles. The van der Waals surface area contributed by atoms with E-state index < -0.39 is 23.2 Å². The van der Waals surface area contributed by atoms with E-state index in [1.54, 1.807) is 13.8 Å². The summed E-state index contributed by atoms with van der Waals surface area (Å²) >= 11 is 0.